The summed E-state index contributed by atoms with van der Waals surface area (Å²) in [5, 5.41) is 5.59. The third kappa shape index (κ3) is 4.13. The Morgan fingerprint density at radius 3 is 2.40 bits per heavy atom. The van der Waals surface area contributed by atoms with Gasteiger partial charge >= 0.3 is 0 Å². The van der Waals surface area contributed by atoms with Crippen molar-refractivity contribution in [3.63, 3.8) is 0 Å². The molecule has 0 spiro atoms. The van der Waals surface area contributed by atoms with E-state index < -0.39 is 0 Å². The first-order valence-corrected chi connectivity index (χ1v) is 10.5. The second-order valence-electron chi connectivity index (χ2n) is 7.25. The van der Waals surface area contributed by atoms with Crippen molar-refractivity contribution >= 4 is 35.1 Å². The van der Waals surface area contributed by atoms with E-state index >= 15 is 0 Å². The van der Waals surface area contributed by atoms with E-state index in [2.05, 4.69) is 20.0 Å². The Morgan fingerprint density at radius 2 is 1.73 bits per heavy atom. The molecule has 2 aromatic heterocycles. The number of aromatic nitrogens is 4. The number of hydrogen-bond acceptors (Lipinski definition) is 5. The molecule has 1 saturated heterocycles. The van der Waals surface area contributed by atoms with Gasteiger partial charge < -0.3 is 9.80 Å². The lowest BCUT2D eigenvalue weighted by molar-refractivity contribution is -0.130. The van der Waals surface area contributed by atoms with E-state index in [-0.39, 0.29) is 5.91 Å². The predicted octanol–water partition coefficient (Wildman–Crippen LogP) is 3.48. The van der Waals surface area contributed by atoms with Crippen molar-refractivity contribution in [1.29, 1.82) is 0 Å². The van der Waals surface area contributed by atoms with Gasteiger partial charge in [0.15, 0.2) is 0 Å². The molecule has 1 amide bonds. The SMILES string of the molecule is Cc1nn(-c2ccc(Cl)c(Cl)c2)c(C)c1CC(=O)N1CCN(c2ncccn2)CC1. The van der Waals surface area contributed by atoms with Crippen LogP contribution in [0.15, 0.2) is 36.7 Å². The third-order valence-corrected chi connectivity index (χ3v) is 6.12. The number of piperazine rings is 1. The van der Waals surface area contributed by atoms with Gasteiger partial charge in [-0.15, -0.1) is 0 Å². The van der Waals surface area contributed by atoms with Crippen molar-refractivity contribution < 1.29 is 4.79 Å². The lowest BCUT2D eigenvalue weighted by Crippen LogP contribution is -2.49. The van der Waals surface area contributed by atoms with Gasteiger partial charge in [0.1, 0.15) is 0 Å². The molecular formula is C21H22Cl2N6O. The van der Waals surface area contributed by atoms with Crippen LogP contribution in [-0.2, 0) is 11.2 Å². The third-order valence-electron chi connectivity index (χ3n) is 5.38. The quantitative estimate of drug-likeness (QED) is 0.615. The molecule has 1 fully saturated rings. The molecule has 156 valence electrons. The van der Waals surface area contributed by atoms with Crippen LogP contribution in [-0.4, -0.2) is 56.7 Å². The van der Waals surface area contributed by atoms with Crippen LogP contribution in [0.4, 0.5) is 5.95 Å². The van der Waals surface area contributed by atoms with Gasteiger partial charge in [-0.05, 0) is 38.1 Å². The van der Waals surface area contributed by atoms with E-state index in [4.69, 9.17) is 23.2 Å². The summed E-state index contributed by atoms with van der Waals surface area (Å²) in [5.41, 5.74) is 3.53. The summed E-state index contributed by atoms with van der Waals surface area (Å²) < 4.78 is 1.81. The minimum absolute atomic E-state index is 0.100. The summed E-state index contributed by atoms with van der Waals surface area (Å²) in [7, 11) is 0. The molecule has 0 unspecified atom stereocenters. The van der Waals surface area contributed by atoms with Crippen LogP contribution < -0.4 is 4.90 Å². The monoisotopic (exact) mass is 444 g/mol. The minimum Gasteiger partial charge on any atom is -0.339 e. The van der Waals surface area contributed by atoms with E-state index in [0.717, 1.165) is 35.7 Å². The molecule has 0 N–H and O–H groups in total. The molecule has 1 aliphatic rings. The van der Waals surface area contributed by atoms with Gasteiger partial charge in [0.2, 0.25) is 11.9 Å². The molecule has 30 heavy (non-hydrogen) atoms. The molecule has 0 aliphatic carbocycles. The molecule has 7 nitrogen and oxygen atoms in total. The highest BCUT2D eigenvalue weighted by molar-refractivity contribution is 6.42. The number of halogens is 2. The summed E-state index contributed by atoms with van der Waals surface area (Å²) in [4.78, 5) is 25.5. The molecule has 9 heteroatoms. The number of carbonyl (C=O) groups is 1. The normalized spacial score (nSPS) is 14.3. The number of hydrogen-bond donors (Lipinski definition) is 0. The average molecular weight is 445 g/mol. The second kappa shape index (κ2) is 8.62. The van der Waals surface area contributed by atoms with Crippen molar-refractivity contribution in [2.75, 3.05) is 31.1 Å². The summed E-state index contributed by atoms with van der Waals surface area (Å²) in [6.07, 6.45) is 3.79. The Labute approximate surface area is 185 Å². The zero-order valence-corrected chi connectivity index (χ0v) is 18.4. The number of amides is 1. The standard InChI is InChI=1S/C21H22Cl2N6O/c1-14-17(15(2)29(26-14)16-4-5-18(22)19(23)12-16)13-20(30)27-8-10-28(11-9-27)21-24-6-3-7-25-21/h3-7,12H,8-11,13H2,1-2H3. The molecule has 0 radical (unpaired) electrons. The number of nitrogens with zero attached hydrogens (tertiary/aromatic N) is 6. The highest BCUT2D eigenvalue weighted by atomic mass is 35.5. The van der Waals surface area contributed by atoms with Crippen molar-refractivity contribution in [2.45, 2.75) is 20.3 Å². The Morgan fingerprint density at radius 1 is 1.03 bits per heavy atom. The lowest BCUT2D eigenvalue weighted by Gasteiger charge is -2.34. The van der Waals surface area contributed by atoms with E-state index in [1.807, 2.05) is 29.5 Å². The molecule has 0 atom stereocenters. The fraction of sp³-hybridized carbons (Fsp3) is 0.333. The van der Waals surface area contributed by atoms with E-state index in [1.165, 1.54) is 0 Å². The number of rotatable bonds is 4. The smallest absolute Gasteiger partial charge is 0.227 e. The first-order chi connectivity index (χ1) is 14.4. The number of benzene rings is 1. The van der Waals surface area contributed by atoms with Gasteiger partial charge in [-0.25, -0.2) is 14.6 Å². The maximum atomic E-state index is 13.0. The topological polar surface area (TPSA) is 67.2 Å². The van der Waals surface area contributed by atoms with Crippen LogP contribution in [0.1, 0.15) is 17.0 Å². The molecule has 3 aromatic rings. The second-order valence-corrected chi connectivity index (χ2v) is 8.07. The van der Waals surface area contributed by atoms with Crippen LogP contribution >= 0.6 is 23.2 Å². The number of anilines is 1. The minimum atomic E-state index is 0.100. The molecule has 0 bridgehead atoms. The molecule has 0 saturated carbocycles. The highest BCUT2D eigenvalue weighted by Crippen LogP contribution is 2.26. The molecule has 1 aromatic carbocycles. The zero-order chi connectivity index (χ0) is 21.3. The summed E-state index contributed by atoms with van der Waals surface area (Å²) in [5.74, 6) is 0.808. The summed E-state index contributed by atoms with van der Waals surface area (Å²) in [6.45, 7) is 6.63. The van der Waals surface area contributed by atoms with E-state index in [1.54, 1.807) is 30.6 Å². The summed E-state index contributed by atoms with van der Waals surface area (Å²) in [6, 6.07) is 7.19. The van der Waals surface area contributed by atoms with E-state index in [0.29, 0.717) is 35.5 Å². The van der Waals surface area contributed by atoms with Crippen molar-refractivity contribution in [3.8, 4) is 5.69 Å². The highest BCUT2D eigenvalue weighted by Gasteiger charge is 2.24. The van der Waals surface area contributed by atoms with Gasteiger partial charge in [0, 0.05) is 49.8 Å². The van der Waals surface area contributed by atoms with Crippen LogP contribution in [0.25, 0.3) is 5.69 Å². The van der Waals surface area contributed by atoms with Crippen LogP contribution in [0.5, 0.6) is 0 Å². The molecule has 3 heterocycles. The predicted molar refractivity (Wildman–Crippen MR) is 118 cm³/mol. The van der Waals surface area contributed by atoms with Gasteiger partial charge in [0.05, 0.1) is 27.8 Å². The average Bonchev–Trinajstić information content (AvgIpc) is 3.04. The van der Waals surface area contributed by atoms with Crippen molar-refractivity contribution in [2.24, 2.45) is 0 Å². The maximum Gasteiger partial charge on any atom is 0.227 e. The summed E-state index contributed by atoms with van der Waals surface area (Å²) >= 11 is 12.2. The Balaban J connectivity index is 1.45. The number of carbonyl (C=O) groups excluding carboxylic acids is 1. The van der Waals surface area contributed by atoms with Gasteiger partial charge in [-0.1, -0.05) is 23.2 Å². The fourth-order valence-electron chi connectivity index (χ4n) is 3.67. The largest absolute Gasteiger partial charge is 0.339 e. The van der Waals surface area contributed by atoms with Crippen LogP contribution in [0.3, 0.4) is 0 Å². The molecule has 1 aliphatic heterocycles. The first-order valence-electron chi connectivity index (χ1n) is 9.74. The van der Waals surface area contributed by atoms with Crippen LogP contribution in [0, 0.1) is 13.8 Å². The Bertz CT molecular complexity index is 1060. The fourth-order valence-corrected chi connectivity index (χ4v) is 3.96. The lowest BCUT2D eigenvalue weighted by atomic mass is 10.1. The Kier molecular flexibility index (Phi) is 5.92. The van der Waals surface area contributed by atoms with Crippen molar-refractivity contribution in [3.05, 3.63) is 63.7 Å². The maximum absolute atomic E-state index is 13.0. The first kappa shape index (κ1) is 20.6. The van der Waals surface area contributed by atoms with Crippen LogP contribution in [0.2, 0.25) is 10.0 Å². The Hall–Kier alpha value is -2.64. The molecular weight excluding hydrogens is 423 g/mol. The van der Waals surface area contributed by atoms with Crippen molar-refractivity contribution in [1.82, 2.24) is 24.6 Å². The zero-order valence-electron chi connectivity index (χ0n) is 16.8. The van der Waals surface area contributed by atoms with Gasteiger partial charge in [-0.3, -0.25) is 4.79 Å². The van der Waals surface area contributed by atoms with E-state index in [9.17, 15) is 4.79 Å². The molecule has 4 rings (SSSR count). The van der Waals surface area contributed by atoms with Gasteiger partial charge in [0.25, 0.3) is 0 Å². The van der Waals surface area contributed by atoms with Gasteiger partial charge in [-0.2, -0.15) is 5.10 Å². The number of aryl methyl sites for hydroxylation is 1.